The molecule has 1 aliphatic rings. The number of halogens is 3. The van der Waals surface area contributed by atoms with Gasteiger partial charge in [-0.05, 0) is 73.0 Å². The number of rotatable bonds is 12. The number of hydrogen-bond donors (Lipinski definition) is 0. The third-order valence-corrected chi connectivity index (χ3v) is 12.0. The van der Waals surface area contributed by atoms with Crippen molar-refractivity contribution in [3.8, 4) is 0 Å². The van der Waals surface area contributed by atoms with Crippen molar-refractivity contribution < 1.29 is 47.9 Å². The van der Waals surface area contributed by atoms with Crippen LogP contribution in [0.3, 0.4) is 0 Å². The van der Waals surface area contributed by atoms with E-state index in [1.54, 1.807) is 11.0 Å². The normalized spacial score (nSPS) is 14.5. The van der Waals surface area contributed by atoms with Gasteiger partial charge in [-0.2, -0.15) is 17.7 Å². The minimum absolute atomic E-state index is 0.0242. The van der Waals surface area contributed by atoms with Crippen LogP contribution in [-0.4, -0.2) is 69.9 Å². The minimum Gasteiger partial charge on any atom is -0.748 e. The second kappa shape index (κ2) is 16.4. The molecule has 5 aromatic rings. The SMILES string of the molecule is CCN(C)CC.O=S(=O)([O-])CCCN1/C(=C/c2sc3ccc4c5ccccc5ccc4c3[n+]2CCCOS(=O)(=O)[O-])Sc2ccc(C(F)(F)F)cc21. The molecule has 0 amide bonds. The maximum Gasteiger partial charge on any atom is 0.416 e. The first-order valence-electron chi connectivity index (χ1n) is 16.4. The van der Waals surface area contributed by atoms with E-state index in [1.807, 2.05) is 53.1 Å². The lowest BCUT2D eigenvalue weighted by Crippen LogP contribution is -2.36. The van der Waals surface area contributed by atoms with Gasteiger partial charge in [-0.15, -0.1) is 0 Å². The quantitative estimate of drug-likeness (QED) is 0.0420. The third kappa shape index (κ3) is 9.82. The summed E-state index contributed by atoms with van der Waals surface area (Å²) in [6, 6.07) is 19.2. The van der Waals surface area contributed by atoms with E-state index in [4.69, 9.17) is 0 Å². The van der Waals surface area contributed by atoms with Gasteiger partial charge in [0.1, 0.15) is 4.70 Å². The second-order valence-electron chi connectivity index (χ2n) is 12.0. The van der Waals surface area contributed by atoms with Gasteiger partial charge in [-0.3, -0.25) is 4.18 Å². The van der Waals surface area contributed by atoms with E-state index < -0.39 is 38.0 Å². The second-order valence-corrected chi connectivity index (χ2v) is 16.7. The summed E-state index contributed by atoms with van der Waals surface area (Å²) in [5.74, 6) is -0.679. The van der Waals surface area contributed by atoms with E-state index in [0.717, 1.165) is 57.0 Å². The standard InChI is InChI=1S/C30H25F3N2O7S4.C5H13N/c31-30(32,33)20-8-11-25-24(17-20)34(14-4-16-45(36,37)38)27(43-25)18-28-35(13-3-15-42-46(39,40)41)29-23-9-7-19-5-1-2-6-21(19)22(23)10-12-26(29)44-28;1-4-6(3)5-2/h1-2,5-12,17-18H,3-4,13-16H2,(H-,36,37,38,39,40,41);4-5H2,1-3H3/p-1. The smallest absolute Gasteiger partial charge is 0.416 e. The Morgan fingerprint density at radius 1 is 0.923 bits per heavy atom. The molecule has 1 aliphatic heterocycles. The molecule has 0 spiro atoms. The van der Waals surface area contributed by atoms with Crippen LogP contribution in [0.5, 0.6) is 0 Å². The van der Waals surface area contributed by atoms with Crippen LogP contribution < -0.4 is 9.47 Å². The fourth-order valence-electron chi connectivity index (χ4n) is 5.75. The lowest BCUT2D eigenvalue weighted by molar-refractivity contribution is -0.668. The van der Waals surface area contributed by atoms with Crippen molar-refractivity contribution in [2.24, 2.45) is 0 Å². The number of alkyl halides is 3. The van der Waals surface area contributed by atoms with E-state index >= 15 is 0 Å². The molecule has 280 valence electrons. The van der Waals surface area contributed by atoms with Gasteiger partial charge in [0.25, 0.3) is 5.01 Å². The number of benzene rings is 4. The molecule has 4 aromatic carbocycles. The van der Waals surface area contributed by atoms with E-state index in [0.29, 0.717) is 14.9 Å². The minimum atomic E-state index is -4.89. The molecule has 2 heterocycles. The van der Waals surface area contributed by atoms with Crippen molar-refractivity contribution in [1.82, 2.24) is 4.90 Å². The molecule has 10 nitrogen and oxygen atoms in total. The van der Waals surface area contributed by atoms with Crippen LogP contribution in [0.1, 0.15) is 37.3 Å². The molecule has 1 aromatic heterocycles. The molecular weight excluding hydrogens is 760 g/mol. The largest absolute Gasteiger partial charge is 0.748 e. The lowest BCUT2D eigenvalue weighted by Gasteiger charge is -2.21. The Hall–Kier alpha value is -3.29. The zero-order valence-electron chi connectivity index (χ0n) is 28.6. The molecule has 17 heteroatoms. The topological polar surface area (TPSA) is 134 Å². The summed E-state index contributed by atoms with van der Waals surface area (Å²) in [5.41, 5.74) is 0.223. The Bertz CT molecular complexity index is 2330. The van der Waals surface area contributed by atoms with E-state index in [-0.39, 0.29) is 38.2 Å². The summed E-state index contributed by atoms with van der Waals surface area (Å²) >= 11 is 2.62. The number of aromatic nitrogens is 1. The summed E-state index contributed by atoms with van der Waals surface area (Å²) in [4.78, 5) is 4.36. The molecule has 0 bridgehead atoms. The van der Waals surface area contributed by atoms with Crippen molar-refractivity contribution in [2.45, 2.75) is 44.3 Å². The first-order chi connectivity index (χ1) is 24.5. The highest BCUT2D eigenvalue weighted by atomic mass is 32.3. The number of hydrogen-bond acceptors (Lipinski definition) is 11. The number of thioether (sulfide) groups is 1. The zero-order chi connectivity index (χ0) is 37.8. The third-order valence-electron chi connectivity index (χ3n) is 8.53. The molecule has 0 saturated carbocycles. The fraction of sp³-hybridized carbons (Fsp3) is 0.343. The Labute approximate surface area is 309 Å². The van der Waals surface area contributed by atoms with Crippen molar-refractivity contribution in [3.05, 3.63) is 82.3 Å². The summed E-state index contributed by atoms with van der Waals surface area (Å²) in [6.07, 6.45) is -2.77. The Kier molecular flexibility index (Phi) is 12.6. The molecule has 0 saturated heterocycles. The van der Waals surface area contributed by atoms with E-state index in [9.17, 15) is 39.1 Å². The van der Waals surface area contributed by atoms with Crippen LogP contribution in [0.2, 0.25) is 0 Å². The van der Waals surface area contributed by atoms with Gasteiger partial charge in [0.2, 0.25) is 15.9 Å². The first kappa shape index (κ1) is 39.9. The van der Waals surface area contributed by atoms with Crippen LogP contribution in [0.25, 0.3) is 37.8 Å². The Balaban J connectivity index is 0.000000803. The predicted molar refractivity (Wildman–Crippen MR) is 198 cm³/mol. The van der Waals surface area contributed by atoms with Gasteiger partial charge in [0.05, 0.1) is 44.5 Å². The van der Waals surface area contributed by atoms with Crippen LogP contribution in [0.4, 0.5) is 18.9 Å². The van der Waals surface area contributed by atoms with Gasteiger partial charge in [-0.25, -0.2) is 16.8 Å². The highest BCUT2D eigenvalue weighted by molar-refractivity contribution is 8.04. The van der Waals surface area contributed by atoms with Crippen molar-refractivity contribution in [2.75, 3.05) is 43.9 Å². The molecule has 0 atom stereocenters. The van der Waals surface area contributed by atoms with Crippen molar-refractivity contribution >= 4 is 87.1 Å². The van der Waals surface area contributed by atoms with Gasteiger partial charge < -0.3 is 18.9 Å². The van der Waals surface area contributed by atoms with E-state index in [2.05, 4.69) is 30.0 Å². The van der Waals surface area contributed by atoms with Gasteiger partial charge in [-0.1, -0.05) is 73.3 Å². The molecule has 0 unspecified atom stereocenters. The zero-order valence-corrected chi connectivity index (χ0v) is 31.8. The summed E-state index contributed by atoms with van der Waals surface area (Å²) in [5, 5.41) is 5.17. The number of fused-ring (bicyclic) bond motifs is 6. The highest BCUT2D eigenvalue weighted by Gasteiger charge is 2.35. The molecule has 52 heavy (non-hydrogen) atoms. The molecule has 0 aliphatic carbocycles. The van der Waals surface area contributed by atoms with Crippen molar-refractivity contribution in [3.63, 3.8) is 0 Å². The first-order valence-corrected chi connectivity index (χ1v) is 20.9. The summed E-state index contributed by atoms with van der Waals surface area (Å²) in [7, 11) is -7.33. The molecule has 6 rings (SSSR count). The summed E-state index contributed by atoms with van der Waals surface area (Å²) < 4.78 is 115. The monoisotopic (exact) mass is 796 g/mol. The number of aryl methyl sites for hydroxylation is 1. The van der Waals surface area contributed by atoms with Gasteiger partial charge >= 0.3 is 6.18 Å². The lowest BCUT2D eigenvalue weighted by atomic mass is 10.0. The maximum atomic E-state index is 13.6. The average Bonchev–Trinajstić information content (AvgIpc) is 3.61. The molecular formula is C35H37F3N3O7S4-. The van der Waals surface area contributed by atoms with Crippen LogP contribution in [-0.2, 0) is 37.4 Å². The Morgan fingerprint density at radius 3 is 2.29 bits per heavy atom. The summed E-state index contributed by atoms with van der Waals surface area (Å²) in [6.45, 7) is 6.50. The van der Waals surface area contributed by atoms with Crippen LogP contribution in [0.15, 0.2) is 76.7 Å². The van der Waals surface area contributed by atoms with Crippen LogP contribution in [0, 0.1) is 0 Å². The number of nitrogens with zero attached hydrogens (tertiary/aromatic N) is 3. The molecule has 0 N–H and O–H groups in total. The molecule has 0 radical (unpaired) electrons. The Morgan fingerprint density at radius 2 is 1.63 bits per heavy atom. The number of anilines is 1. The van der Waals surface area contributed by atoms with Gasteiger partial charge in [0.15, 0.2) is 6.54 Å². The average molecular weight is 797 g/mol. The maximum absolute atomic E-state index is 13.6. The fourth-order valence-corrected chi connectivity index (χ4v) is 8.87. The van der Waals surface area contributed by atoms with Crippen molar-refractivity contribution in [1.29, 1.82) is 0 Å². The van der Waals surface area contributed by atoms with Gasteiger partial charge in [0, 0.05) is 23.6 Å². The predicted octanol–water partition coefficient (Wildman–Crippen LogP) is 7.18. The molecule has 0 fully saturated rings. The van der Waals surface area contributed by atoms with E-state index in [1.165, 1.54) is 29.2 Å². The number of thiazole rings is 1. The van der Waals surface area contributed by atoms with Crippen LogP contribution >= 0.6 is 23.1 Å². The highest BCUT2D eigenvalue weighted by Crippen LogP contribution is 2.49.